The molecule has 0 spiro atoms. The Labute approximate surface area is 101 Å². The molecule has 2 rings (SSSR count). The van der Waals surface area contributed by atoms with Crippen LogP contribution in [0.2, 0.25) is 0 Å². The smallest absolute Gasteiger partial charge is 0.235 e. The first-order valence-corrected chi connectivity index (χ1v) is 7.37. The van der Waals surface area contributed by atoms with Crippen LogP contribution in [0.1, 0.15) is 25.0 Å². The van der Waals surface area contributed by atoms with Crippen LogP contribution in [0.4, 0.5) is 5.82 Å². The Morgan fingerprint density at radius 2 is 2.41 bits per heavy atom. The molecule has 1 unspecified atom stereocenters. The summed E-state index contributed by atoms with van der Waals surface area (Å²) in [6.45, 7) is 2.61. The Kier molecular flexibility index (Phi) is 3.68. The third-order valence-electron chi connectivity index (χ3n) is 2.72. The zero-order valence-corrected chi connectivity index (χ0v) is 10.6. The van der Waals surface area contributed by atoms with E-state index in [1.165, 1.54) is 0 Å². The van der Waals surface area contributed by atoms with Gasteiger partial charge in [-0.25, -0.2) is 8.42 Å². The SMILES string of the molecule is Cc1cc(NS(=O)(=O)CC2CCCCN2)no1. The lowest BCUT2D eigenvalue weighted by Crippen LogP contribution is -2.40. The molecule has 7 heteroatoms. The van der Waals surface area contributed by atoms with E-state index in [1.807, 2.05) is 0 Å². The number of hydrogen-bond donors (Lipinski definition) is 2. The highest BCUT2D eigenvalue weighted by Crippen LogP contribution is 2.13. The highest BCUT2D eigenvalue weighted by molar-refractivity contribution is 7.92. The van der Waals surface area contributed by atoms with Crippen LogP contribution in [-0.4, -0.2) is 31.9 Å². The summed E-state index contributed by atoms with van der Waals surface area (Å²) in [5, 5.41) is 6.81. The van der Waals surface area contributed by atoms with Crippen LogP contribution in [0.25, 0.3) is 0 Å². The number of hydrogen-bond acceptors (Lipinski definition) is 5. The number of aromatic nitrogens is 1. The summed E-state index contributed by atoms with van der Waals surface area (Å²) in [4.78, 5) is 0. The molecule has 1 aliphatic rings. The Morgan fingerprint density at radius 3 is 3.00 bits per heavy atom. The summed E-state index contributed by atoms with van der Waals surface area (Å²) in [6, 6.07) is 1.60. The Morgan fingerprint density at radius 1 is 1.59 bits per heavy atom. The van der Waals surface area contributed by atoms with Crippen LogP contribution in [0.15, 0.2) is 10.6 Å². The molecule has 0 amide bonds. The van der Waals surface area contributed by atoms with Crippen molar-refractivity contribution in [2.24, 2.45) is 0 Å². The van der Waals surface area contributed by atoms with Crippen LogP contribution < -0.4 is 10.0 Å². The molecular formula is C10H17N3O3S. The zero-order valence-electron chi connectivity index (χ0n) is 9.77. The average Bonchev–Trinajstić information content (AvgIpc) is 2.63. The summed E-state index contributed by atoms with van der Waals surface area (Å²) < 4.78 is 30.9. The first kappa shape index (κ1) is 12.4. The van der Waals surface area contributed by atoms with Gasteiger partial charge in [-0.05, 0) is 26.3 Å². The fraction of sp³-hybridized carbons (Fsp3) is 0.700. The van der Waals surface area contributed by atoms with Gasteiger partial charge >= 0.3 is 0 Å². The summed E-state index contributed by atoms with van der Waals surface area (Å²) in [5.74, 6) is 0.913. The maximum absolute atomic E-state index is 11.8. The zero-order chi connectivity index (χ0) is 12.3. The lowest BCUT2D eigenvalue weighted by Gasteiger charge is -2.22. The highest BCUT2D eigenvalue weighted by Gasteiger charge is 2.21. The second kappa shape index (κ2) is 5.05. The third-order valence-corrected chi connectivity index (χ3v) is 4.08. The molecular weight excluding hydrogens is 242 g/mol. The predicted octanol–water partition coefficient (Wildman–Crippen LogP) is 0.867. The van der Waals surface area contributed by atoms with Crippen LogP contribution in [0.3, 0.4) is 0 Å². The molecule has 0 aromatic carbocycles. The number of rotatable bonds is 4. The van der Waals surface area contributed by atoms with E-state index in [0.717, 1.165) is 25.8 Å². The standard InChI is InChI=1S/C10H17N3O3S/c1-8-6-10(12-16-8)13-17(14,15)7-9-4-2-3-5-11-9/h6,9,11H,2-5,7H2,1H3,(H,12,13). The third kappa shape index (κ3) is 3.71. The lowest BCUT2D eigenvalue weighted by molar-refractivity contribution is 0.400. The molecule has 17 heavy (non-hydrogen) atoms. The molecule has 6 nitrogen and oxygen atoms in total. The van der Waals surface area contributed by atoms with Crippen molar-refractivity contribution in [3.8, 4) is 0 Å². The molecule has 96 valence electrons. The molecule has 0 aliphatic carbocycles. The second-order valence-electron chi connectivity index (χ2n) is 4.35. The molecule has 0 saturated carbocycles. The maximum atomic E-state index is 11.8. The van der Waals surface area contributed by atoms with E-state index >= 15 is 0 Å². The van der Waals surface area contributed by atoms with E-state index in [1.54, 1.807) is 13.0 Å². The summed E-state index contributed by atoms with van der Waals surface area (Å²) in [7, 11) is -3.36. The van der Waals surface area contributed by atoms with Crippen molar-refractivity contribution >= 4 is 15.8 Å². The average molecular weight is 259 g/mol. The number of sulfonamides is 1. The fourth-order valence-corrected chi connectivity index (χ4v) is 3.26. The van der Waals surface area contributed by atoms with Gasteiger partial charge in [0.25, 0.3) is 0 Å². The van der Waals surface area contributed by atoms with Crippen molar-refractivity contribution in [3.05, 3.63) is 11.8 Å². The van der Waals surface area contributed by atoms with E-state index in [2.05, 4.69) is 15.2 Å². The predicted molar refractivity (Wildman–Crippen MR) is 64.3 cm³/mol. The first-order chi connectivity index (χ1) is 8.05. The van der Waals surface area contributed by atoms with Gasteiger partial charge in [0.15, 0.2) is 5.82 Å². The highest BCUT2D eigenvalue weighted by atomic mass is 32.2. The van der Waals surface area contributed by atoms with Crippen molar-refractivity contribution in [2.45, 2.75) is 32.2 Å². The topological polar surface area (TPSA) is 84.2 Å². The summed E-state index contributed by atoms with van der Waals surface area (Å²) in [6.07, 6.45) is 3.10. The van der Waals surface area contributed by atoms with Crippen molar-refractivity contribution in [1.29, 1.82) is 0 Å². The van der Waals surface area contributed by atoms with Gasteiger partial charge in [0, 0.05) is 12.1 Å². The van der Waals surface area contributed by atoms with Gasteiger partial charge in [-0.3, -0.25) is 4.72 Å². The lowest BCUT2D eigenvalue weighted by atomic mass is 10.1. The Hall–Kier alpha value is -1.08. The van der Waals surface area contributed by atoms with Crippen molar-refractivity contribution < 1.29 is 12.9 Å². The Balaban J connectivity index is 1.94. The molecule has 0 radical (unpaired) electrons. The molecule has 0 bridgehead atoms. The first-order valence-electron chi connectivity index (χ1n) is 5.72. The van der Waals surface area contributed by atoms with Crippen LogP contribution >= 0.6 is 0 Å². The number of piperidine rings is 1. The van der Waals surface area contributed by atoms with Gasteiger partial charge in [0.05, 0.1) is 5.75 Å². The van der Waals surface area contributed by atoms with Gasteiger partial charge < -0.3 is 9.84 Å². The summed E-state index contributed by atoms with van der Waals surface area (Å²) in [5.41, 5.74) is 0. The van der Waals surface area contributed by atoms with Crippen LogP contribution in [-0.2, 0) is 10.0 Å². The largest absolute Gasteiger partial charge is 0.360 e. The minimum Gasteiger partial charge on any atom is -0.360 e. The number of nitrogens with zero attached hydrogens (tertiary/aromatic N) is 1. The molecule has 1 aliphatic heterocycles. The van der Waals surface area contributed by atoms with Crippen LogP contribution in [0, 0.1) is 6.92 Å². The van der Waals surface area contributed by atoms with E-state index < -0.39 is 10.0 Å². The van der Waals surface area contributed by atoms with E-state index in [9.17, 15) is 8.42 Å². The minimum absolute atomic E-state index is 0.0363. The van der Waals surface area contributed by atoms with Gasteiger partial charge in [-0.1, -0.05) is 11.6 Å². The number of nitrogens with one attached hydrogen (secondary N) is 2. The van der Waals surface area contributed by atoms with Gasteiger partial charge in [-0.2, -0.15) is 0 Å². The molecule has 1 atom stereocenters. The summed E-state index contributed by atoms with van der Waals surface area (Å²) >= 11 is 0. The minimum atomic E-state index is -3.36. The van der Waals surface area contributed by atoms with E-state index in [0.29, 0.717) is 5.76 Å². The van der Waals surface area contributed by atoms with Gasteiger partial charge in [0.1, 0.15) is 5.76 Å². The normalized spacial score (nSPS) is 21.4. The molecule has 1 fully saturated rings. The van der Waals surface area contributed by atoms with Crippen molar-refractivity contribution in [1.82, 2.24) is 10.5 Å². The molecule has 1 saturated heterocycles. The van der Waals surface area contributed by atoms with Gasteiger partial charge in [0.2, 0.25) is 10.0 Å². The number of aryl methyl sites for hydroxylation is 1. The van der Waals surface area contributed by atoms with E-state index in [4.69, 9.17) is 4.52 Å². The van der Waals surface area contributed by atoms with E-state index in [-0.39, 0.29) is 17.6 Å². The second-order valence-corrected chi connectivity index (χ2v) is 6.12. The van der Waals surface area contributed by atoms with Crippen LogP contribution in [0.5, 0.6) is 0 Å². The van der Waals surface area contributed by atoms with Gasteiger partial charge in [-0.15, -0.1) is 0 Å². The molecule has 2 heterocycles. The molecule has 1 aromatic heterocycles. The fourth-order valence-electron chi connectivity index (χ4n) is 1.95. The molecule has 2 N–H and O–H groups in total. The Bertz CT molecular complexity index is 463. The van der Waals surface area contributed by atoms with Crippen molar-refractivity contribution in [3.63, 3.8) is 0 Å². The molecule has 1 aromatic rings. The number of anilines is 1. The maximum Gasteiger partial charge on any atom is 0.235 e. The van der Waals surface area contributed by atoms with Crippen molar-refractivity contribution in [2.75, 3.05) is 17.0 Å². The quantitative estimate of drug-likeness (QED) is 0.838. The monoisotopic (exact) mass is 259 g/mol.